The van der Waals surface area contributed by atoms with Crippen LogP contribution < -0.4 is 10.1 Å². The fourth-order valence-electron chi connectivity index (χ4n) is 1.99. The van der Waals surface area contributed by atoms with Gasteiger partial charge >= 0.3 is 0 Å². The summed E-state index contributed by atoms with van der Waals surface area (Å²) in [7, 11) is 0. The quantitative estimate of drug-likeness (QED) is 0.763. The highest BCUT2D eigenvalue weighted by atomic mass is 79.9. The number of benzene rings is 1. The number of nitrogens with one attached hydrogen (secondary N) is 1. The molecule has 0 aromatic heterocycles. The van der Waals surface area contributed by atoms with Gasteiger partial charge < -0.3 is 10.1 Å². The van der Waals surface area contributed by atoms with E-state index in [1.54, 1.807) is 0 Å². The molecular weight excluding hydrogens is 314 g/mol. The van der Waals surface area contributed by atoms with Crippen molar-refractivity contribution < 1.29 is 4.74 Å². The summed E-state index contributed by atoms with van der Waals surface area (Å²) in [5, 5.41) is 3.60. The van der Waals surface area contributed by atoms with Crippen LogP contribution in [0.4, 0.5) is 0 Å². The van der Waals surface area contributed by atoms with Gasteiger partial charge in [-0.2, -0.15) is 0 Å². The summed E-state index contributed by atoms with van der Waals surface area (Å²) in [5.41, 5.74) is 0.179. The van der Waals surface area contributed by atoms with Gasteiger partial charge in [-0.05, 0) is 63.8 Å². The summed E-state index contributed by atoms with van der Waals surface area (Å²) >= 11 is 3.46. The van der Waals surface area contributed by atoms with Crippen LogP contribution in [0.15, 0.2) is 28.7 Å². The summed E-state index contributed by atoms with van der Waals surface area (Å²) in [6.45, 7) is 13.0. The molecule has 114 valence electrons. The lowest BCUT2D eigenvalue weighted by molar-refractivity contribution is 0.232. The smallest absolute Gasteiger partial charge is 0.120 e. The number of rotatable bonds is 7. The van der Waals surface area contributed by atoms with Gasteiger partial charge in [-0.15, -0.1) is 0 Å². The second-order valence-corrected chi connectivity index (χ2v) is 7.65. The minimum atomic E-state index is 0.179. The molecule has 0 heterocycles. The monoisotopic (exact) mass is 341 g/mol. The molecule has 0 saturated carbocycles. The second-order valence-electron chi connectivity index (χ2n) is 6.73. The normalized spacial score (nSPS) is 13.6. The molecule has 0 aliphatic heterocycles. The SMILES string of the molecule is CC(C)C(CCOc1cccc(Br)c1)CNC(C)(C)C. The first-order chi connectivity index (χ1) is 9.28. The Kier molecular flexibility index (Phi) is 7.04. The van der Waals surface area contributed by atoms with E-state index in [9.17, 15) is 0 Å². The topological polar surface area (TPSA) is 21.3 Å². The molecule has 0 radical (unpaired) electrons. The van der Waals surface area contributed by atoms with E-state index in [-0.39, 0.29) is 5.54 Å². The maximum atomic E-state index is 5.84. The molecule has 0 aliphatic carbocycles. The first kappa shape index (κ1) is 17.5. The summed E-state index contributed by atoms with van der Waals surface area (Å²) in [4.78, 5) is 0. The number of ether oxygens (including phenoxy) is 1. The van der Waals surface area contributed by atoms with Crippen LogP contribution >= 0.6 is 15.9 Å². The Morgan fingerprint density at radius 3 is 2.50 bits per heavy atom. The van der Waals surface area contributed by atoms with Crippen LogP contribution in [-0.4, -0.2) is 18.7 Å². The Hall–Kier alpha value is -0.540. The third kappa shape index (κ3) is 7.30. The second kappa shape index (κ2) is 8.04. The van der Waals surface area contributed by atoms with Gasteiger partial charge in [0.15, 0.2) is 0 Å². The molecule has 0 aliphatic rings. The van der Waals surface area contributed by atoms with Crippen molar-refractivity contribution >= 4 is 15.9 Å². The molecule has 1 N–H and O–H groups in total. The van der Waals surface area contributed by atoms with Crippen LogP contribution in [-0.2, 0) is 0 Å². The molecule has 0 spiro atoms. The van der Waals surface area contributed by atoms with Gasteiger partial charge in [0.25, 0.3) is 0 Å². The van der Waals surface area contributed by atoms with Crippen LogP contribution in [0.5, 0.6) is 5.75 Å². The van der Waals surface area contributed by atoms with E-state index < -0.39 is 0 Å². The molecule has 3 heteroatoms. The maximum absolute atomic E-state index is 5.84. The van der Waals surface area contributed by atoms with Crippen LogP contribution in [0, 0.1) is 11.8 Å². The molecule has 0 fully saturated rings. The molecule has 1 aromatic carbocycles. The Bertz CT molecular complexity index is 398. The first-order valence-corrected chi connectivity index (χ1v) is 8.20. The average Bonchev–Trinajstić information content (AvgIpc) is 2.31. The average molecular weight is 342 g/mol. The predicted molar refractivity (Wildman–Crippen MR) is 90.3 cm³/mol. The zero-order chi connectivity index (χ0) is 15.2. The van der Waals surface area contributed by atoms with Gasteiger partial charge in [0, 0.05) is 10.0 Å². The number of hydrogen-bond donors (Lipinski definition) is 1. The van der Waals surface area contributed by atoms with E-state index in [1.807, 2.05) is 24.3 Å². The maximum Gasteiger partial charge on any atom is 0.120 e. The summed E-state index contributed by atoms with van der Waals surface area (Å²) in [5.74, 6) is 2.24. The fourth-order valence-corrected chi connectivity index (χ4v) is 2.37. The minimum Gasteiger partial charge on any atom is -0.494 e. The molecule has 2 nitrogen and oxygen atoms in total. The van der Waals surface area contributed by atoms with Crippen molar-refractivity contribution in [1.29, 1.82) is 0 Å². The third-order valence-electron chi connectivity index (χ3n) is 3.39. The van der Waals surface area contributed by atoms with Crippen molar-refractivity contribution in [1.82, 2.24) is 5.32 Å². The predicted octanol–water partition coefficient (Wildman–Crippen LogP) is 4.88. The van der Waals surface area contributed by atoms with E-state index in [0.29, 0.717) is 11.8 Å². The van der Waals surface area contributed by atoms with Crippen LogP contribution in [0.2, 0.25) is 0 Å². The molecule has 1 unspecified atom stereocenters. The molecule has 20 heavy (non-hydrogen) atoms. The zero-order valence-electron chi connectivity index (χ0n) is 13.4. The van der Waals surface area contributed by atoms with Gasteiger partial charge in [-0.3, -0.25) is 0 Å². The summed E-state index contributed by atoms with van der Waals surface area (Å²) in [6.07, 6.45) is 1.08. The van der Waals surface area contributed by atoms with E-state index in [4.69, 9.17) is 4.74 Å². The third-order valence-corrected chi connectivity index (χ3v) is 3.88. The first-order valence-electron chi connectivity index (χ1n) is 7.41. The van der Waals surface area contributed by atoms with Gasteiger partial charge in [0.05, 0.1) is 6.61 Å². The molecule has 1 aromatic rings. The highest BCUT2D eigenvalue weighted by Crippen LogP contribution is 2.20. The van der Waals surface area contributed by atoms with Crippen molar-refractivity contribution in [3.8, 4) is 5.75 Å². The van der Waals surface area contributed by atoms with Crippen molar-refractivity contribution in [3.63, 3.8) is 0 Å². The van der Waals surface area contributed by atoms with Crippen LogP contribution in [0.25, 0.3) is 0 Å². The Balaban J connectivity index is 2.39. The van der Waals surface area contributed by atoms with Gasteiger partial charge in [-0.1, -0.05) is 35.8 Å². The number of halogens is 1. The Morgan fingerprint density at radius 2 is 1.95 bits per heavy atom. The van der Waals surface area contributed by atoms with Crippen molar-refractivity contribution in [2.75, 3.05) is 13.2 Å². The largest absolute Gasteiger partial charge is 0.494 e. The van der Waals surface area contributed by atoms with E-state index in [0.717, 1.165) is 29.8 Å². The fraction of sp³-hybridized carbons (Fsp3) is 0.647. The molecule has 0 bridgehead atoms. The molecule has 1 rings (SSSR count). The zero-order valence-corrected chi connectivity index (χ0v) is 15.0. The highest BCUT2D eigenvalue weighted by Gasteiger charge is 2.17. The highest BCUT2D eigenvalue weighted by molar-refractivity contribution is 9.10. The van der Waals surface area contributed by atoms with Gasteiger partial charge in [-0.25, -0.2) is 0 Å². The van der Waals surface area contributed by atoms with E-state index in [1.165, 1.54) is 0 Å². The summed E-state index contributed by atoms with van der Waals surface area (Å²) < 4.78 is 6.90. The van der Waals surface area contributed by atoms with Crippen molar-refractivity contribution in [2.24, 2.45) is 11.8 Å². The lowest BCUT2D eigenvalue weighted by atomic mass is 9.92. The van der Waals surface area contributed by atoms with Crippen LogP contribution in [0.1, 0.15) is 41.0 Å². The van der Waals surface area contributed by atoms with Gasteiger partial charge in [0.1, 0.15) is 5.75 Å². The van der Waals surface area contributed by atoms with Gasteiger partial charge in [0.2, 0.25) is 0 Å². The van der Waals surface area contributed by atoms with E-state index >= 15 is 0 Å². The van der Waals surface area contributed by atoms with E-state index in [2.05, 4.69) is 55.9 Å². The number of hydrogen-bond acceptors (Lipinski definition) is 2. The molecule has 0 amide bonds. The van der Waals surface area contributed by atoms with Crippen molar-refractivity contribution in [3.05, 3.63) is 28.7 Å². The van der Waals surface area contributed by atoms with Crippen molar-refractivity contribution in [2.45, 2.75) is 46.6 Å². The molecule has 0 saturated heterocycles. The Labute approximate surface area is 132 Å². The lowest BCUT2D eigenvalue weighted by Crippen LogP contribution is -2.40. The molecule has 1 atom stereocenters. The lowest BCUT2D eigenvalue weighted by Gasteiger charge is -2.27. The standard InChI is InChI=1S/C17H28BrNO/c1-13(2)14(12-19-17(3,4)5)9-10-20-16-8-6-7-15(18)11-16/h6-8,11,13-14,19H,9-10,12H2,1-5H3. The molecular formula is C17H28BrNO. The minimum absolute atomic E-state index is 0.179. The summed E-state index contributed by atoms with van der Waals surface area (Å²) in [6, 6.07) is 8.03. The van der Waals surface area contributed by atoms with Crippen LogP contribution in [0.3, 0.4) is 0 Å². The Morgan fingerprint density at radius 1 is 1.25 bits per heavy atom.